The van der Waals surface area contributed by atoms with Crippen LogP contribution < -0.4 is 4.74 Å². The third kappa shape index (κ3) is 5.76. The number of carbonyl (C=O) groups is 1. The first-order valence-corrected chi connectivity index (χ1v) is 14.3. The van der Waals surface area contributed by atoms with E-state index in [9.17, 15) is 4.79 Å². The summed E-state index contributed by atoms with van der Waals surface area (Å²) in [5.41, 5.74) is 3.52. The summed E-state index contributed by atoms with van der Waals surface area (Å²) >= 11 is 0. The van der Waals surface area contributed by atoms with Gasteiger partial charge >= 0.3 is 6.09 Å². The summed E-state index contributed by atoms with van der Waals surface area (Å²) in [7, 11) is 0. The first kappa shape index (κ1) is 26.2. The summed E-state index contributed by atoms with van der Waals surface area (Å²) in [6.45, 7) is 6.33. The summed E-state index contributed by atoms with van der Waals surface area (Å²) in [5, 5.41) is 0. The maximum Gasteiger partial charge on any atom is 0.410 e. The van der Waals surface area contributed by atoms with Gasteiger partial charge in [-0.15, -0.1) is 0 Å². The molecule has 1 atom stereocenters. The number of nitrogens with zero attached hydrogens (tertiary/aromatic N) is 3. The highest BCUT2D eigenvalue weighted by Crippen LogP contribution is 2.35. The van der Waals surface area contributed by atoms with Crippen LogP contribution in [0.4, 0.5) is 4.79 Å². The predicted octanol–water partition coefficient (Wildman–Crippen LogP) is 7.99. The van der Waals surface area contributed by atoms with Gasteiger partial charge in [0.1, 0.15) is 28.7 Å². The number of ether oxygens (including phenoxy) is 2. The van der Waals surface area contributed by atoms with E-state index >= 15 is 0 Å². The quantitative estimate of drug-likeness (QED) is 0.259. The minimum absolute atomic E-state index is 0.106. The molecular formula is C32H37N5O3. The van der Waals surface area contributed by atoms with Gasteiger partial charge in [-0.1, -0.05) is 12.8 Å². The molecule has 2 aromatic heterocycles. The molecule has 1 saturated heterocycles. The van der Waals surface area contributed by atoms with Gasteiger partial charge in [-0.2, -0.15) is 0 Å². The zero-order valence-electron chi connectivity index (χ0n) is 23.4. The van der Waals surface area contributed by atoms with Crippen LogP contribution in [0.2, 0.25) is 0 Å². The molecule has 2 fully saturated rings. The number of hydrogen-bond acceptors (Lipinski definition) is 5. The number of aromatic amines is 2. The first-order valence-electron chi connectivity index (χ1n) is 14.3. The number of likely N-dealkylation sites (tertiary alicyclic amines) is 1. The molecule has 2 aromatic carbocycles. The van der Waals surface area contributed by atoms with Crippen molar-refractivity contribution in [3.63, 3.8) is 0 Å². The van der Waals surface area contributed by atoms with Crippen molar-refractivity contribution in [1.29, 1.82) is 0 Å². The number of H-pyrrole nitrogens is 2. The van der Waals surface area contributed by atoms with Crippen molar-refractivity contribution in [2.75, 3.05) is 6.54 Å². The lowest BCUT2D eigenvalue weighted by molar-refractivity contribution is 0.0218. The Hall–Kier alpha value is -4.07. The van der Waals surface area contributed by atoms with Crippen LogP contribution in [0.25, 0.3) is 22.5 Å². The Morgan fingerprint density at radius 3 is 1.93 bits per heavy atom. The van der Waals surface area contributed by atoms with Crippen molar-refractivity contribution < 1.29 is 14.3 Å². The van der Waals surface area contributed by atoms with Crippen molar-refractivity contribution >= 4 is 6.09 Å². The second-order valence-corrected chi connectivity index (χ2v) is 11.8. The third-order valence-electron chi connectivity index (χ3n) is 7.70. The van der Waals surface area contributed by atoms with E-state index in [0.717, 1.165) is 58.5 Å². The van der Waals surface area contributed by atoms with E-state index < -0.39 is 5.60 Å². The molecule has 2 N–H and O–H groups in total. The molecule has 8 nitrogen and oxygen atoms in total. The third-order valence-corrected chi connectivity index (χ3v) is 7.70. The van der Waals surface area contributed by atoms with Gasteiger partial charge in [-0.25, -0.2) is 14.8 Å². The van der Waals surface area contributed by atoms with E-state index in [-0.39, 0.29) is 12.1 Å². The van der Waals surface area contributed by atoms with Crippen LogP contribution in [0.1, 0.15) is 82.9 Å². The highest BCUT2D eigenvalue weighted by molar-refractivity contribution is 5.69. The van der Waals surface area contributed by atoms with E-state index in [2.05, 4.69) is 32.1 Å². The van der Waals surface area contributed by atoms with Crippen LogP contribution in [0.15, 0.2) is 60.9 Å². The number of imidazole rings is 2. The molecule has 8 heteroatoms. The van der Waals surface area contributed by atoms with E-state index in [0.29, 0.717) is 12.5 Å². The molecule has 1 amide bonds. The Kier molecular flexibility index (Phi) is 7.09. The Bertz CT molecular complexity index is 1440. The lowest BCUT2D eigenvalue weighted by Crippen LogP contribution is -2.36. The summed E-state index contributed by atoms with van der Waals surface area (Å²) in [4.78, 5) is 30.6. The van der Waals surface area contributed by atoms with Gasteiger partial charge in [0.05, 0.1) is 29.8 Å². The Morgan fingerprint density at radius 2 is 1.35 bits per heavy atom. The van der Waals surface area contributed by atoms with Crippen molar-refractivity contribution in [2.45, 2.75) is 76.9 Å². The second kappa shape index (κ2) is 10.8. The summed E-state index contributed by atoms with van der Waals surface area (Å²) in [6, 6.07) is 15.9. The summed E-state index contributed by atoms with van der Waals surface area (Å²) in [6.07, 6.45) is 10.3. The van der Waals surface area contributed by atoms with E-state index in [1.54, 1.807) is 4.90 Å². The van der Waals surface area contributed by atoms with Gasteiger partial charge in [0.15, 0.2) is 0 Å². The van der Waals surface area contributed by atoms with E-state index in [1.807, 2.05) is 69.6 Å². The van der Waals surface area contributed by atoms with Gasteiger partial charge in [-0.05, 0) is 106 Å². The lowest BCUT2D eigenvalue weighted by atomic mass is 10.1. The zero-order chi connectivity index (χ0) is 27.7. The normalized spacial score (nSPS) is 17.9. The molecule has 208 valence electrons. The van der Waals surface area contributed by atoms with Crippen LogP contribution in [0.3, 0.4) is 0 Å². The minimum Gasteiger partial charge on any atom is -0.457 e. The van der Waals surface area contributed by atoms with Crippen molar-refractivity contribution in [1.82, 2.24) is 24.8 Å². The van der Waals surface area contributed by atoms with Gasteiger partial charge in [0, 0.05) is 12.5 Å². The van der Waals surface area contributed by atoms with Crippen LogP contribution >= 0.6 is 0 Å². The fourth-order valence-corrected chi connectivity index (χ4v) is 5.67. The maximum atomic E-state index is 12.7. The number of rotatable bonds is 6. The van der Waals surface area contributed by atoms with Gasteiger partial charge in [-0.3, -0.25) is 4.90 Å². The number of carbonyl (C=O) groups excluding carboxylic acids is 1. The first-order chi connectivity index (χ1) is 19.3. The van der Waals surface area contributed by atoms with Crippen LogP contribution in [0.5, 0.6) is 11.5 Å². The highest BCUT2D eigenvalue weighted by Gasteiger charge is 2.34. The largest absolute Gasteiger partial charge is 0.457 e. The fourth-order valence-electron chi connectivity index (χ4n) is 5.67. The zero-order valence-corrected chi connectivity index (χ0v) is 23.4. The molecule has 1 aliphatic heterocycles. The lowest BCUT2D eigenvalue weighted by Gasteiger charge is -2.27. The Labute approximate surface area is 235 Å². The fraction of sp³-hybridized carbons (Fsp3) is 0.406. The van der Waals surface area contributed by atoms with Crippen LogP contribution in [0, 0.1) is 0 Å². The van der Waals surface area contributed by atoms with Crippen LogP contribution in [-0.2, 0) is 4.74 Å². The van der Waals surface area contributed by atoms with E-state index in [1.165, 1.54) is 25.7 Å². The topological polar surface area (TPSA) is 96.1 Å². The Morgan fingerprint density at radius 1 is 0.800 bits per heavy atom. The molecular weight excluding hydrogens is 502 g/mol. The molecule has 0 bridgehead atoms. The number of amides is 1. The monoisotopic (exact) mass is 539 g/mol. The number of nitrogens with one attached hydrogen (secondary N) is 2. The van der Waals surface area contributed by atoms with Crippen LogP contribution in [-0.4, -0.2) is 43.1 Å². The predicted molar refractivity (Wildman–Crippen MR) is 154 cm³/mol. The minimum atomic E-state index is -0.525. The molecule has 4 aromatic rings. The van der Waals surface area contributed by atoms with E-state index in [4.69, 9.17) is 9.47 Å². The number of aromatic nitrogens is 4. The summed E-state index contributed by atoms with van der Waals surface area (Å²) in [5.74, 6) is 4.00. The molecule has 0 spiro atoms. The SMILES string of the molecule is CC(C)(C)OC(=O)N1CCC[C@H]1c1ncc(-c2ccc(Oc3ccc(-c4cnc(C5CCCC5)[nH]4)cc3)cc2)[nH]1. The molecule has 6 rings (SSSR count). The molecule has 0 radical (unpaired) electrons. The second-order valence-electron chi connectivity index (χ2n) is 11.8. The number of benzene rings is 2. The molecule has 40 heavy (non-hydrogen) atoms. The average Bonchev–Trinajstić information content (AvgIpc) is 3.74. The molecule has 3 heterocycles. The molecule has 2 aliphatic rings. The average molecular weight is 540 g/mol. The van der Waals surface area contributed by atoms with Gasteiger partial charge < -0.3 is 19.4 Å². The Balaban J connectivity index is 1.08. The van der Waals surface area contributed by atoms with Gasteiger partial charge in [0.2, 0.25) is 0 Å². The summed E-state index contributed by atoms with van der Waals surface area (Å²) < 4.78 is 11.7. The standard InChI is InChI=1S/C32H37N5O3/c1-32(2,3)40-31(38)37-18-6-9-28(37)30-34-20-27(36-30)22-12-16-25(17-13-22)39-24-14-10-21(11-15-24)26-19-33-29(35-26)23-7-4-5-8-23/h10-17,19-20,23,28H,4-9,18H2,1-3H3,(H,33,35)(H,34,36)/t28-/m0/s1. The smallest absolute Gasteiger partial charge is 0.410 e. The molecule has 0 unspecified atom stereocenters. The molecule has 1 aliphatic carbocycles. The number of hydrogen-bond donors (Lipinski definition) is 2. The molecule has 1 saturated carbocycles. The van der Waals surface area contributed by atoms with Gasteiger partial charge in [0.25, 0.3) is 0 Å². The highest BCUT2D eigenvalue weighted by atomic mass is 16.6. The van der Waals surface area contributed by atoms with Crippen molar-refractivity contribution in [3.05, 3.63) is 72.6 Å². The van der Waals surface area contributed by atoms with Crippen molar-refractivity contribution in [3.8, 4) is 34.0 Å². The van der Waals surface area contributed by atoms with Crippen molar-refractivity contribution in [2.24, 2.45) is 0 Å². The maximum absolute atomic E-state index is 12.7.